The quantitative estimate of drug-likeness (QED) is 0.807. The van der Waals surface area contributed by atoms with Gasteiger partial charge in [-0.3, -0.25) is 9.59 Å². The van der Waals surface area contributed by atoms with Crippen LogP contribution in [-0.2, 0) is 14.8 Å². The molecule has 142 valence electrons. The molecule has 0 aliphatic carbocycles. The number of hydrogen-bond acceptors (Lipinski definition) is 7. The molecule has 0 saturated carbocycles. The Morgan fingerprint density at radius 2 is 1.96 bits per heavy atom. The number of aryl methyl sites for hydroxylation is 3. The Balaban J connectivity index is 1.94. The molecule has 0 fully saturated rings. The van der Waals surface area contributed by atoms with Crippen LogP contribution in [0.5, 0.6) is 5.75 Å². The third kappa shape index (κ3) is 3.61. The molecule has 2 amide bonds. The van der Waals surface area contributed by atoms with Crippen molar-refractivity contribution in [1.82, 2.24) is 14.7 Å². The minimum atomic E-state index is -4.18. The first kappa shape index (κ1) is 18.8. The van der Waals surface area contributed by atoms with E-state index < -0.39 is 22.0 Å². The summed E-state index contributed by atoms with van der Waals surface area (Å²) in [6.07, 6.45) is 0.528. The number of nitrogens with one attached hydrogen (secondary N) is 2. The molecule has 2 aromatic rings. The second-order valence-electron chi connectivity index (χ2n) is 6.21. The van der Waals surface area contributed by atoms with Crippen molar-refractivity contribution in [2.24, 2.45) is 0 Å². The average Bonchev–Trinajstić information content (AvgIpc) is 2.55. The summed E-state index contributed by atoms with van der Waals surface area (Å²) < 4.78 is 32.9. The molecule has 0 spiro atoms. The van der Waals surface area contributed by atoms with E-state index in [9.17, 15) is 18.0 Å². The lowest BCUT2D eigenvalue weighted by Crippen LogP contribution is -2.35. The van der Waals surface area contributed by atoms with Gasteiger partial charge in [-0.2, -0.15) is 0 Å². The number of ether oxygens (including phenoxy) is 1. The maximum Gasteiger partial charge on any atom is 0.268 e. The molecule has 1 aliphatic heterocycles. The lowest BCUT2D eigenvalue weighted by molar-refractivity contribution is -0.122. The summed E-state index contributed by atoms with van der Waals surface area (Å²) in [6.45, 7) is 6.37. The van der Waals surface area contributed by atoms with Gasteiger partial charge in [0.15, 0.2) is 6.10 Å². The van der Waals surface area contributed by atoms with Crippen LogP contribution in [0.25, 0.3) is 0 Å². The highest BCUT2D eigenvalue weighted by molar-refractivity contribution is 7.90. The number of amides is 2. The fourth-order valence-electron chi connectivity index (χ4n) is 2.67. The number of hydrogen-bond donors (Lipinski definition) is 2. The molecule has 0 bridgehead atoms. The highest BCUT2D eigenvalue weighted by atomic mass is 32.2. The van der Waals surface area contributed by atoms with Gasteiger partial charge >= 0.3 is 0 Å². The van der Waals surface area contributed by atoms with Crippen molar-refractivity contribution >= 4 is 27.5 Å². The second-order valence-corrected chi connectivity index (χ2v) is 7.86. The van der Waals surface area contributed by atoms with Crippen LogP contribution in [0.3, 0.4) is 0 Å². The summed E-state index contributed by atoms with van der Waals surface area (Å²) in [5.41, 5.74) is 1.17. The lowest BCUT2D eigenvalue weighted by Gasteiger charge is -2.24. The Hall–Kier alpha value is -3.01. The predicted molar refractivity (Wildman–Crippen MR) is 96.1 cm³/mol. The smallest absolute Gasteiger partial charge is 0.268 e. The van der Waals surface area contributed by atoms with Gasteiger partial charge in [0.1, 0.15) is 11.6 Å². The van der Waals surface area contributed by atoms with Crippen LogP contribution in [-0.4, -0.2) is 36.3 Å². The SMILES string of the molecule is Cc1ncc(C(=O)NS(=O)(=O)c2cc3c(cc2C)NC(=O)[C@H](C)O3)c(C)n1. The van der Waals surface area contributed by atoms with E-state index in [4.69, 9.17) is 4.74 Å². The van der Waals surface area contributed by atoms with Gasteiger partial charge in [-0.05, 0) is 39.3 Å². The van der Waals surface area contributed by atoms with Crippen LogP contribution in [0.1, 0.15) is 34.4 Å². The van der Waals surface area contributed by atoms with Gasteiger partial charge in [0, 0.05) is 12.3 Å². The molecule has 27 heavy (non-hydrogen) atoms. The number of benzene rings is 1. The largest absolute Gasteiger partial charge is 0.479 e. The maximum absolute atomic E-state index is 12.7. The van der Waals surface area contributed by atoms with Gasteiger partial charge in [0.05, 0.1) is 21.8 Å². The molecule has 9 nitrogen and oxygen atoms in total. The van der Waals surface area contributed by atoms with E-state index in [0.29, 0.717) is 22.8 Å². The van der Waals surface area contributed by atoms with Crippen molar-refractivity contribution in [1.29, 1.82) is 0 Å². The van der Waals surface area contributed by atoms with E-state index in [1.54, 1.807) is 27.7 Å². The number of rotatable bonds is 3. The van der Waals surface area contributed by atoms with Crippen LogP contribution in [0.4, 0.5) is 5.69 Å². The Kier molecular flexibility index (Phi) is 4.60. The number of anilines is 1. The van der Waals surface area contributed by atoms with E-state index in [1.807, 2.05) is 4.72 Å². The van der Waals surface area contributed by atoms with E-state index in [1.165, 1.54) is 18.3 Å². The van der Waals surface area contributed by atoms with Crippen LogP contribution in [0.2, 0.25) is 0 Å². The molecule has 3 rings (SSSR count). The van der Waals surface area contributed by atoms with Gasteiger partial charge in [-0.25, -0.2) is 23.1 Å². The molecule has 1 atom stereocenters. The standard InChI is InChI=1S/C17H18N4O5S/c1-8-5-13-14(26-10(3)16(22)20-13)6-15(8)27(24,25)21-17(23)12-7-18-11(4)19-9(12)2/h5-7,10H,1-4H3,(H,20,22)(H,21,23)/t10-/m0/s1. The zero-order chi connectivity index (χ0) is 19.9. The topological polar surface area (TPSA) is 127 Å². The molecule has 0 radical (unpaired) electrons. The fourth-order valence-corrected chi connectivity index (χ4v) is 3.88. The van der Waals surface area contributed by atoms with Crippen molar-refractivity contribution in [3.8, 4) is 5.75 Å². The van der Waals surface area contributed by atoms with Crippen LogP contribution >= 0.6 is 0 Å². The molecule has 10 heteroatoms. The van der Waals surface area contributed by atoms with E-state index in [-0.39, 0.29) is 22.1 Å². The van der Waals surface area contributed by atoms with Crippen molar-refractivity contribution in [3.05, 3.63) is 41.0 Å². The zero-order valence-electron chi connectivity index (χ0n) is 15.2. The summed E-state index contributed by atoms with van der Waals surface area (Å²) >= 11 is 0. The van der Waals surface area contributed by atoms with E-state index in [0.717, 1.165) is 0 Å². The fraction of sp³-hybridized carbons (Fsp3) is 0.294. The lowest BCUT2D eigenvalue weighted by atomic mass is 10.1. The van der Waals surface area contributed by atoms with E-state index in [2.05, 4.69) is 15.3 Å². The maximum atomic E-state index is 12.7. The summed E-state index contributed by atoms with van der Waals surface area (Å²) in [6, 6.07) is 2.77. The second kappa shape index (κ2) is 6.62. The van der Waals surface area contributed by atoms with Crippen LogP contribution in [0, 0.1) is 20.8 Å². The molecule has 2 heterocycles. The Labute approximate surface area is 156 Å². The third-order valence-corrected chi connectivity index (χ3v) is 5.54. The molecular formula is C17H18N4O5S. The van der Waals surface area contributed by atoms with Gasteiger partial charge in [-0.15, -0.1) is 0 Å². The van der Waals surface area contributed by atoms with E-state index >= 15 is 0 Å². The minimum absolute atomic E-state index is 0.0666. The molecule has 1 aromatic carbocycles. The van der Waals surface area contributed by atoms with Gasteiger partial charge < -0.3 is 10.1 Å². The number of nitrogens with zero attached hydrogens (tertiary/aromatic N) is 2. The van der Waals surface area contributed by atoms with Crippen LogP contribution in [0.15, 0.2) is 23.2 Å². The number of sulfonamides is 1. The normalized spacial score (nSPS) is 16.1. The van der Waals surface area contributed by atoms with Crippen molar-refractivity contribution < 1.29 is 22.7 Å². The Morgan fingerprint density at radius 1 is 1.26 bits per heavy atom. The zero-order valence-corrected chi connectivity index (χ0v) is 16.0. The number of fused-ring (bicyclic) bond motifs is 1. The molecular weight excluding hydrogens is 372 g/mol. The summed E-state index contributed by atoms with van der Waals surface area (Å²) in [7, 11) is -4.18. The third-order valence-electron chi connectivity index (χ3n) is 4.07. The monoisotopic (exact) mass is 390 g/mol. The van der Waals surface area contributed by atoms with Crippen molar-refractivity contribution in [3.63, 3.8) is 0 Å². The Bertz CT molecular complexity index is 1070. The number of carbonyl (C=O) groups is 2. The van der Waals surface area contributed by atoms with Gasteiger partial charge in [-0.1, -0.05) is 0 Å². The highest BCUT2D eigenvalue weighted by Gasteiger charge is 2.28. The average molecular weight is 390 g/mol. The first-order chi connectivity index (χ1) is 12.6. The highest BCUT2D eigenvalue weighted by Crippen LogP contribution is 2.34. The number of carbonyl (C=O) groups excluding carboxylic acids is 2. The molecule has 0 saturated heterocycles. The van der Waals surface area contributed by atoms with Crippen molar-refractivity contribution in [2.45, 2.75) is 38.7 Å². The summed E-state index contributed by atoms with van der Waals surface area (Å²) in [5, 5.41) is 2.65. The minimum Gasteiger partial charge on any atom is -0.479 e. The number of aromatic nitrogens is 2. The Morgan fingerprint density at radius 3 is 2.63 bits per heavy atom. The van der Waals surface area contributed by atoms with Gasteiger partial charge in [0.25, 0.3) is 21.8 Å². The van der Waals surface area contributed by atoms with Gasteiger partial charge in [0.2, 0.25) is 0 Å². The summed E-state index contributed by atoms with van der Waals surface area (Å²) in [4.78, 5) is 32.0. The van der Waals surface area contributed by atoms with Crippen molar-refractivity contribution in [2.75, 3.05) is 5.32 Å². The summed E-state index contributed by atoms with van der Waals surface area (Å²) in [5.74, 6) is -0.450. The first-order valence-electron chi connectivity index (χ1n) is 8.08. The molecule has 0 unspecified atom stereocenters. The molecule has 1 aromatic heterocycles. The van der Waals surface area contributed by atoms with Crippen LogP contribution < -0.4 is 14.8 Å². The predicted octanol–water partition coefficient (Wildman–Crippen LogP) is 1.24. The molecule has 2 N–H and O–H groups in total. The first-order valence-corrected chi connectivity index (χ1v) is 9.56. The molecule has 1 aliphatic rings.